The summed E-state index contributed by atoms with van der Waals surface area (Å²) in [4.78, 5) is 11.6. The molecule has 3 nitrogen and oxygen atoms in total. The lowest BCUT2D eigenvalue weighted by Gasteiger charge is -2.11. The fourth-order valence-electron chi connectivity index (χ4n) is 1.57. The molecule has 0 heterocycles. The molecular formula is C15H24N2O. The van der Waals surface area contributed by atoms with Crippen LogP contribution in [0.5, 0.6) is 0 Å². The lowest BCUT2D eigenvalue weighted by Crippen LogP contribution is -2.32. The van der Waals surface area contributed by atoms with Crippen molar-refractivity contribution in [3.8, 4) is 0 Å². The van der Waals surface area contributed by atoms with Gasteiger partial charge in [-0.2, -0.15) is 0 Å². The van der Waals surface area contributed by atoms with E-state index in [0.717, 1.165) is 12.2 Å². The second-order valence-electron chi connectivity index (χ2n) is 5.33. The van der Waals surface area contributed by atoms with E-state index in [1.165, 1.54) is 5.56 Å². The second kappa shape index (κ2) is 7.04. The van der Waals surface area contributed by atoms with E-state index in [1.54, 1.807) is 0 Å². The Morgan fingerprint density at radius 1 is 1.22 bits per heavy atom. The van der Waals surface area contributed by atoms with Gasteiger partial charge >= 0.3 is 0 Å². The van der Waals surface area contributed by atoms with Crippen molar-refractivity contribution in [2.24, 2.45) is 5.92 Å². The van der Waals surface area contributed by atoms with E-state index in [2.05, 4.69) is 50.5 Å². The van der Waals surface area contributed by atoms with Gasteiger partial charge in [0.05, 0.1) is 6.54 Å². The van der Waals surface area contributed by atoms with Crippen LogP contribution in [0.15, 0.2) is 24.3 Å². The largest absolute Gasteiger partial charge is 0.376 e. The highest BCUT2D eigenvalue weighted by Crippen LogP contribution is 2.18. The smallest absolute Gasteiger partial charge is 0.239 e. The van der Waals surface area contributed by atoms with Crippen LogP contribution < -0.4 is 10.6 Å². The highest BCUT2D eigenvalue weighted by atomic mass is 16.1. The third kappa shape index (κ3) is 5.21. The van der Waals surface area contributed by atoms with Gasteiger partial charge < -0.3 is 10.6 Å². The van der Waals surface area contributed by atoms with Gasteiger partial charge in [-0.05, 0) is 29.5 Å². The first-order chi connectivity index (χ1) is 8.49. The molecule has 0 aliphatic rings. The molecule has 0 unspecified atom stereocenters. The van der Waals surface area contributed by atoms with Gasteiger partial charge in [0.25, 0.3) is 0 Å². The number of carbonyl (C=O) groups is 1. The van der Waals surface area contributed by atoms with Crippen LogP contribution in [-0.2, 0) is 4.79 Å². The van der Waals surface area contributed by atoms with Gasteiger partial charge in [-0.3, -0.25) is 4.79 Å². The van der Waals surface area contributed by atoms with Crippen molar-refractivity contribution in [1.29, 1.82) is 0 Å². The zero-order valence-electron chi connectivity index (χ0n) is 11.8. The minimum atomic E-state index is 0.0404. The van der Waals surface area contributed by atoms with Crippen molar-refractivity contribution in [2.75, 3.05) is 18.4 Å². The molecule has 100 valence electrons. The van der Waals surface area contributed by atoms with E-state index in [9.17, 15) is 4.79 Å². The van der Waals surface area contributed by atoms with Crippen molar-refractivity contribution in [2.45, 2.75) is 33.6 Å². The number of hydrogen-bond acceptors (Lipinski definition) is 2. The van der Waals surface area contributed by atoms with Crippen LogP contribution >= 0.6 is 0 Å². The fourth-order valence-corrected chi connectivity index (χ4v) is 1.57. The zero-order chi connectivity index (χ0) is 13.5. The zero-order valence-corrected chi connectivity index (χ0v) is 11.8. The molecule has 0 spiro atoms. The van der Waals surface area contributed by atoms with Crippen LogP contribution in [0.25, 0.3) is 0 Å². The van der Waals surface area contributed by atoms with Gasteiger partial charge in [0.2, 0.25) is 5.91 Å². The topological polar surface area (TPSA) is 41.1 Å². The summed E-state index contributed by atoms with van der Waals surface area (Å²) in [5, 5.41) is 6.04. The van der Waals surface area contributed by atoms with Gasteiger partial charge in [-0.1, -0.05) is 39.8 Å². The Morgan fingerprint density at radius 2 is 1.94 bits per heavy atom. The Hall–Kier alpha value is -1.51. The molecule has 0 aromatic heterocycles. The molecule has 1 rings (SSSR count). The van der Waals surface area contributed by atoms with E-state index >= 15 is 0 Å². The normalized spacial score (nSPS) is 10.8. The Kier molecular flexibility index (Phi) is 5.69. The number of rotatable bonds is 6. The average Bonchev–Trinajstić information content (AvgIpc) is 2.34. The van der Waals surface area contributed by atoms with E-state index in [1.807, 2.05) is 12.1 Å². The number of carbonyl (C=O) groups excluding carboxylic acids is 1. The van der Waals surface area contributed by atoms with Crippen molar-refractivity contribution >= 4 is 11.6 Å². The van der Waals surface area contributed by atoms with Crippen LogP contribution in [0.1, 0.15) is 39.2 Å². The van der Waals surface area contributed by atoms with Gasteiger partial charge in [-0.15, -0.1) is 0 Å². The molecule has 0 bridgehead atoms. The highest BCUT2D eigenvalue weighted by Gasteiger charge is 2.03. The first-order valence-corrected chi connectivity index (χ1v) is 6.59. The first kappa shape index (κ1) is 14.6. The Bertz CT molecular complexity index is 386. The van der Waals surface area contributed by atoms with Gasteiger partial charge in [-0.25, -0.2) is 0 Å². The SMILES string of the molecule is CC(C)CNC(=O)CNc1cccc(C(C)C)c1. The van der Waals surface area contributed by atoms with Crippen molar-refractivity contribution in [3.63, 3.8) is 0 Å². The summed E-state index contributed by atoms with van der Waals surface area (Å²) in [5.41, 5.74) is 2.28. The summed E-state index contributed by atoms with van der Waals surface area (Å²) in [6.45, 7) is 9.55. The van der Waals surface area contributed by atoms with Crippen molar-refractivity contribution in [1.82, 2.24) is 5.32 Å². The average molecular weight is 248 g/mol. The molecule has 0 radical (unpaired) electrons. The van der Waals surface area contributed by atoms with Gasteiger partial charge in [0, 0.05) is 12.2 Å². The molecule has 1 aromatic carbocycles. The predicted octanol–water partition coefficient (Wildman–Crippen LogP) is 2.99. The predicted molar refractivity (Wildman–Crippen MR) is 76.9 cm³/mol. The Morgan fingerprint density at radius 3 is 2.56 bits per heavy atom. The molecule has 0 fully saturated rings. The Labute approximate surface area is 110 Å². The molecule has 0 aliphatic carbocycles. The minimum Gasteiger partial charge on any atom is -0.376 e. The lowest BCUT2D eigenvalue weighted by atomic mass is 10.0. The molecule has 2 N–H and O–H groups in total. The van der Waals surface area contributed by atoms with E-state index in [-0.39, 0.29) is 5.91 Å². The summed E-state index contributed by atoms with van der Waals surface area (Å²) in [6.07, 6.45) is 0. The van der Waals surface area contributed by atoms with E-state index < -0.39 is 0 Å². The lowest BCUT2D eigenvalue weighted by molar-refractivity contribution is -0.119. The maximum Gasteiger partial charge on any atom is 0.239 e. The van der Waals surface area contributed by atoms with Crippen molar-refractivity contribution in [3.05, 3.63) is 29.8 Å². The monoisotopic (exact) mass is 248 g/mol. The summed E-state index contributed by atoms with van der Waals surface area (Å²) in [7, 11) is 0. The van der Waals surface area contributed by atoms with Gasteiger partial charge in [0.15, 0.2) is 0 Å². The quantitative estimate of drug-likeness (QED) is 0.812. The van der Waals surface area contributed by atoms with Crippen LogP contribution in [0.4, 0.5) is 5.69 Å². The molecule has 0 saturated carbocycles. The standard InChI is InChI=1S/C15H24N2O/c1-11(2)9-17-15(18)10-16-14-7-5-6-13(8-14)12(3)4/h5-8,11-12,16H,9-10H2,1-4H3,(H,17,18). The number of benzene rings is 1. The molecule has 0 saturated heterocycles. The Balaban J connectivity index is 2.43. The highest BCUT2D eigenvalue weighted by molar-refractivity contribution is 5.80. The van der Waals surface area contributed by atoms with Crippen LogP contribution in [0.2, 0.25) is 0 Å². The maximum absolute atomic E-state index is 11.6. The molecule has 0 atom stereocenters. The van der Waals surface area contributed by atoms with Crippen LogP contribution in [0.3, 0.4) is 0 Å². The molecular weight excluding hydrogens is 224 g/mol. The summed E-state index contributed by atoms with van der Waals surface area (Å²) < 4.78 is 0. The molecule has 1 aromatic rings. The third-order valence-corrected chi connectivity index (χ3v) is 2.71. The molecule has 0 aliphatic heterocycles. The second-order valence-corrected chi connectivity index (χ2v) is 5.33. The van der Waals surface area contributed by atoms with E-state index in [0.29, 0.717) is 18.4 Å². The van der Waals surface area contributed by atoms with Crippen LogP contribution in [-0.4, -0.2) is 19.0 Å². The summed E-state index contributed by atoms with van der Waals surface area (Å²) in [6, 6.07) is 8.21. The summed E-state index contributed by atoms with van der Waals surface area (Å²) in [5.74, 6) is 1.03. The number of anilines is 1. The fraction of sp³-hybridized carbons (Fsp3) is 0.533. The van der Waals surface area contributed by atoms with Gasteiger partial charge in [0.1, 0.15) is 0 Å². The molecule has 3 heteroatoms. The number of hydrogen-bond donors (Lipinski definition) is 2. The van der Waals surface area contributed by atoms with E-state index in [4.69, 9.17) is 0 Å². The van der Waals surface area contributed by atoms with Crippen LogP contribution in [0, 0.1) is 5.92 Å². The molecule has 18 heavy (non-hydrogen) atoms. The summed E-state index contributed by atoms with van der Waals surface area (Å²) >= 11 is 0. The maximum atomic E-state index is 11.6. The molecule has 1 amide bonds. The minimum absolute atomic E-state index is 0.0404. The first-order valence-electron chi connectivity index (χ1n) is 6.59. The van der Waals surface area contributed by atoms with Crippen molar-refractivity contribution < 1.29 is 4.79 Å². The number of nitrogens with one attached hydrogen (secondary N) is 2. The number of amides is 1. The third-order valence-electron chi connectivity index (χ3n) is 2.71.